The summed E-state index contributed by atoms with van der Waals surface area (Å²) in [7, 11) is -3.30. The number of amides is 2. The van der Waals surface area contributed by atoms with Crippen molar-refractivity contribution in [2.75, 3.05) is 24.7 Å². The Morgan fingerprint density at radius 3 is 2.48 bits per heavy atom. The average Bonchev–Trinajstić information content (AvgIpc) is 2.33. The minimum absolute atomic E-state index is 0.0157. The molecule has 0 spiro atoms. The van der Waals surface area contributed by atoms with Crippen LogP contribution in [0.2, 0.25) is 0 Å². The second kappa shape index (κ2) is 7.04. The van der Waals surface area contributed by atoms with Crippen molar-refractivity contribution in [2.45, 2.75) is 6.92 Å². The summed E-state index contributed by atoms with van der Waals surface area (Å²) in [5.74, 6) is -1.14. The molecule has 1 aromatic rings. The Labute approximate surface area is 122 Å². The zero-order valence-electron chi connectivity index (χ0n) is 11.6. The predicted molar refractivity (Wildman–Crippen MR) is 78.0 cm³/mol. The van der Waals surface area contributed by atoms with E-state index in [4.69, 9.17) is 5.11 Å². The van der Waals surface area contributed by atoms with Gasteiger partial charge in [0, 0.05) is 13.1 Å². The lowest BCUT2D eigenvalue weighted by atomic mass is 10.1. The number of nitrogens with one attached hydrogen (secondary N) is 3. The van der Waals surface area contributed by atoms with Crippen LogP contribution in [-0.2, 0) is 10.0 Å². The molecule has 0 aliphatic carbocycles. The van der Waals surface area contributed by atoms with Crippen molar-refractivity contribution in [3.8, 4) is 0 Å². The molecule has 1 rings (SSSR count). The summed E-state index contributed by atoms with van der Waals surface area (Å²) >= 11 is 0. The Kier molecular flexibility index (Phi) is 5.68. The number of hydrogen-bond acceptors (Lipinski definition) is 4. The molecule has 0 aromatic heterocycles. The van der Waals surface area contributed by atoms with Crippen LogP contribution in [0.25, 0.3) is 0 Å². The minimum Gasteiger partial charge on any atom is -0.478 e. The Bertz CT molecular complexity index is 642. The Morgan fingerprint density at radius 1 is 1.24 bits per heavy atom. The van der Waals surface area contributed by atoms with Gasteiger partial charge >= 0.3 is 12.0 Å². The van der Waals surface area contributed by atoms with Crippen molar-refractivity contribution >= 4 is 27.7 Å². The van der Waals surface area contributed by atoms with Crippen LogP contribution in [0, 0.1) is 6.92 Å². The first-order valence-electron chi connectivity index (χ1n) is 6.03. The van der Waals surface area contributed by atoms with Gasteiger partial charge in [0.25, 0.3) is 0 Å². The van der Waals surface area contributed by atoms with Crippen LogP contribution in [0.15, 0.2) is 18.2 Å². The zero-order valence-corrected chi connectivity index (χ0v) is 12.5. The van der Waals surface area contributed by atoms with Crippen molar-refractivity contribution in [2.24, 2.45) is 0 Å². The molecule has 0 fully saturated rings. The molecule has 0 saturated carbocycles. The van der Waals surface area contributed by atoms with Crippen molar-refractivity contribution in [3.63, 3.8) is 0 Å². The molecule has 21 heavy (non-hydrogen) atoms. The smallest absolute Gasteiger partial charge is 0.338 e. The lowest BCUT2D eigenvalue weighted by molar-refractivity contribution is 0.0697. The molecule has 0 aliphatic heterocycles. The number of aryl methyl sites for hydroxylation is 1. The molecule has 9 heteroatoms. The first-order chi connectivity index (χ1) is 9.70. The quantitative estimate of drug-likeness (QED) is 0.564. The molecule has 2 amide bonds. The van der Waals surface area contributed by atoms with E-state index in [1.54, 1.807) is 19.1 Å². The Hall–Kier alpha value is -2.13. The van der Waals surface area contributed by atoms with Gasteiger partial charge < -0.3 is 15.7 Å². The molecule has 0 radical (unpaired) electrons. The molecule has 0 heterocycles. The molecule has 0 aliphatic rings. The lowest BCUT2D eigenvalue weighted by Gasteiger charge is -2.11. The highest BCUT2D eigenvalue weighted by Crippen LogP contribution is 2.19. The maximum absolute atomic E-state index is 11.6. The number of benzene rings is 1. The second-order valence-electron chi connectivity index (χ2n) is 4.35. The summed E-state index contributed by atoms with van der Waals surface area (Å²) in [5.41, 5.74) is 0.719. The van der Waals surface area contributed by atoms with Crippen LogP contribution in [0.3, 0.4) is 0 Å². The van der Waals surface area contributed by atoms with E-state index in [1.165, 1.54) is 6.07 Å². The summed E-state index contributed by atoms with van der Waals surface area (Å²) < 4.78 is 23.9. The van der Waals surface area contributed by atoms with Gasteiger partial charge in [-0.2, -0.15) is 0 Å². The summed E-state index contributed by atoms with van der Waals surface area (Å²) in [4.78, 5) is 22.8. The van der Waals surface area contributed by atoms with Gasteiger partial charge in [-0.3, -0.25) is 0 Å². The number of urea groups is 1. The number of anilines is 1. The van der Waals surface area contributed by atoms with Crippen LogP contribution in [0.4, 0.5) is 10.5 Å². The van der Waals surface area contributed by atoms with Crippen molar-refractivity contribution < 1.29 is 23.1 Å². The van der Waals surface area contributed by atoms with Gasteiger partial charge in [0.2, 0.25) is 10.0 Å². The van der Waals surface area contributed by atoms with E-state index in [-0.39, 0.29) is 24.3 Å². The average molecular weight is 315 g/mol. The zero-order chi connectivity index (χ0) is 16.0. The molecule has 0 unspecified atom stereocenters. The Balaban J connectivity index is 2.60. The van der Waals surface area contributed by atoms with E-state index in [0.29, 0.717) is 5.56 Å². The summed E-state index contributed by atoms with van der Waals surface area (Å²) in [6.45, 7) is 1.75. The number of hydrogen-bond donors (Lipinski definition) is 4. The molecular formula is C12H17N3O5S. The van der Waals surface area contributed by atoms with Crippen molar-refractivity contribution in [1.82, 2.24) is 10.0 Å². The minimum atomic E-state index is -3.30. The molecule has 0 saturated heterocycles. The molecule has 8 nitrogen and oxygen atoms in total. The van der Waals surface area contributed by atoms with E-state index < -0.39 is 22.0 Å². The summed E-state index contributed by atoms with van der Waals surface area (Å²) in [5, 5.41) is 14.0. The molecule has 4 N–H and O–H groups in total. The van der Waals surface area contributed by atoms with Crippen LogP contribution >= 0.6 is 0 Å². The topological polar surface area (TPSA) is 125 Å². The summed E-state index contributed by atoms with van der Waals surface area (Å²) in [6, 6.07) is 4.12. The Morgan fingerprint density at radius 2 is 1.90 bits per heavy atom. The summed E-state index contributed by atoms with van der Waals surface area (Å²) in [6.07, 6.45) is 1.01. The van der Waals surface area contributed by atoms with Gasteiger partial charge in [0.05, 0.1) is 17.5 Å². The molecule has 0 bridgehead atoms. The van der Waals surface area contributed by atoms with Crippen molar-refractivity contribution in [1.29, 1.82) is 0 Å². The third-order valence-corrected chi connectivity index (χ3v) is 3.24. The lowest BCUT2D eigenvalue weighted by Crippen LogP contribution is -2.36. The third kappa shape index (κ3) is 5.79. The number of sulfonamides is 1. The SMILES string of the molecule is Cc1cccc(NC(=O)NCCNS(C)(=O)=O)c1C(=O)O. The van der Waals surface area contributed by atoms with Gasteiger partial charge in [-0.25, -0.2) is 22.7 Å². The third-order valence-electron chi connectivity index (χ3n) is 2.51. The van der Waals surface area contributed by atoms with E-state index in [0.717, 1.165) is 6.26 Å². The van der Waals surface area contributed by atoms with E-state index in [9.17, 15) is 18.0 Å². The fourth-order valence-corrected chi connectivity index (χ4v) is 2.11. The van der Waals surface area contributed by atoms with Gasteiger partial charge in [0.1, 0.15) is 0 Å². The molecule has 0 atom stereocenters. The highest BCUT2D eigenvalue weighted by molar-refractivity contribution is 7.88. The normalized spacial score (nSPS) is 11.0. The van der Waals surface area contributed by atoms with Crippen molar-refractivity contribution in [3.05, 3.63) is 29.3 Å². The maximum Gasteiger partial charge on any atom is 0.338 e. The second-order valence-corrected chi connectivity index (χ2v) is 6.18. The molecule has 1 aromatic carbocycles. The molecular weight excluding hydrogens is 298 g/mol. The first kappa shape index (κ1) is 16.9. The van der Waals surface area contributed by atoms with E-state index >= 15 is 0 Å². The highest BCUT2D eigenvalue weighted by Gasteiger charge is 2.14. The number of aromatic carboxylic acids is 1. The predicted octanol–water partition coefficient (Wildman–Crippen LogP) is 0.364. The van der Waals surface area contributed by atoms with Gasteiger partial charge in [-0.15, -0.1) is 0 Å². The standard InChI is InChI=1S/C12H17N3O5S/c1-8-4-3-5-9(10(8)11(16)17)15-12(18)13-6-7-14-21(2,19)20/h3-5,14H,6-7H2,1-2H3,(H,16,17)(H2,13,15,18). The highest BCUT2D eigenvalue weighted by atomic mass is 32.2. The maximum atomic E-state index is 11.6. The van der Waals surface area contributed by atoms with Crippen LogP contribution in [0.5, 0.6) is 0 Å². The fourth-order valence-electron chi connectivity index (χ4n) is 1.63. The fraction of sp³-hybridized carbons (Fsp3) is 0.333. The van der Waals surface area contributed by atoms with Gasteiger partial charge in [-0.05, 0) is 18.6 Å². The largest absolute Gasteiger partial charge is 0.478 e. The number of carbonyl (C=O) groups excluding carboxylic acids is 1. The van der Waals surface area contributed by atoms with Crippen LogP contribution < -0.4 is 15.4 Å². The number of carboxylic acid groups (broad SMARTS) is 1. The van der Waals surface area contributed by atoms with Crippen LogP contribution in [-0.4, -0.2) is 44.9 Å². The number of carbonyl (C=O) groups is 2. The van der Waals surface area contributed by atoms with Crippen LogP contribution in [0.1, 0.15) is 15.9 Å². The van der Waals surface area contributed by atoms with Gasteiger partial charge in [-0.1, -0.05) is 12.1 Å². The van der Waals surface area contributed by atoms with E-state index in [1.807, 2.05) is 0 Å². The molecule has 116 valence electrons. The van der Waals surface area contributed by atoms with E-state index in [2.05, 4.69) is 15.4 Å². The van der Waals surface area contributed by atoms with Gasteiger partial charge in [0.15, 0.2) is 0 Å². The first-order valence-corrected chi connectivity index (χ1v) is 7.92. The monoisotopic (exact) mass is 315 g/mol. The number of rotatable bonds is 6. The number of carboxylic acids is 1.